The summed E-state index contributed by atoms with van der Waals surface area (Å²) in [4.78, 5) is 15.5. The van der Waals surface area contributed by atoms with Gasteiger partial charge in [-0.05, 0) is 38.4 Å². The minimum absolute atomic E-state index is 0.00875. The molecule has 1 spiro atoms. The molecule has 2 aromatic rings. The number of aryl methyl sites for hydroxylation is 1. The van der Waals surface area contributed by atoms with Crippen molar-refractivity contribution in [1.82, 2.24) is 14.5 Å². The van der Waals surface area contributed by atoms with Gasteiger partial charge in [0.25, 0.3) is 0 Å². The van der Waals surface area contributed by atoms with Crippen molar-refractivity contribution >= 4 is 5.97 Å². The van der Waals surface area contributed by atoms with Crippen molar-refractivity contribution in [2.75, 3.05) is 19.7 Å². The Morgan fingerprint density at radius 1 is 1.41 bits per heavy atom. The van der Waals surface area contributed by atoms with Crippen molar-refractivity contribution in [3.63, 3.8) is 0 Å². The third-order valence-electron chi connectivity index (χ3n) is 5.17. The molecule has 2 saturated heterocycles. The quantitative estimate of drug-likeness (QED) is 0.828. The Morgan fingerprint density at radius 2 is 2.17 bits per heavy atom. The van der Waals surface area contributed by atoms with E-state index in [-0.39, 0.29) is 5.60 Å². The van der Waals surface area contributed by atoms with Crippen LogP contribution in [0.1, 0.15) is 36.8 Å². The molecule has 2 atom stereocenters. The van der Waals surface area contributed by atoms with Gasteiger partial charge in [-0.25, -0.2) is 9.78 Å². The molecule has 2 aliphatic rings. The molecular formula is C19H24F3N3O4. The molecule has 2 aliphatic heterocycles. The predicted octanol–water partition coefficient (Wildman–Crippen LogP) is 3.41. The van der Waals surface area contributed by atoms with Gasteiger partial charge in [0.15, 0.2) is 0 Å². The maximum atomic E-state index is 10.6. The third kappa shape index (κ3) is 5.60. The Kier molecular flexibility index (Phi) is 6.33. The van der Waals surface area contributed by atoms with E-state index >= 15 is 0 Å². The zero-order chi connectivity index (χ0) is 21.1. The summed E-state index contributed by atoms with van der Waals surface area (Å²) in [5.41, 5.74) is 0.00875. The second kappa shape index (κ2) is 8.58. The van der Waals surface area contributed by atoms with Crippen molar-refractivity contribution in [1.29, 1.82) is 0 Å². The van der Waals surface area contributed by atoms with E-state index in [9.17, 15) is 13.2 Å². The Bertz CT molecular complexity index is 806. The zero-order valence-electron chi connectivity index (χ0n) is 16.1. The van der Waals surface area contributed by atoms with Gasteiger partial charge < -0.3 is 18.8 Å². The van der Waals surface area contributed by atoms with Gasteiger partial charge >= 0.3 is 12.1 Å². The highest BCUT2D eigenvalue weighted by atomic mass is 19.4. The van der Waals surface area contributed by atoms with Gasteiger partial charge in [-0.2, -0.15) is 13.2 Å². The number of piperidine rings is 1. The number of alkyl halides is 3. The van der Waals surface area contributed by atoms with Gasteiger partial charge in [0.05, 0.1) is 31.1 Å². The summed E-state index contributed by atoms with van der Waals surface area (Å²) in [6, 6.07) is 4.55. The molecular weight excluding hydrogens is 391 g/mol. The minimum Gasteiger partial charge on any atom is -0.475 e. The number of hydrogen-bond acceptors (Lipinski definition) is 5. The van der Waals surface area contributed by atoms with E-state index < -0.39 is 12.1 Å². The zero-order valence-corrected chi connectivity index (χ0v) is 16.1. The van der Waals surface area contributed by atoms with Crippen LogP contribution in [0.4, 0.5) is 13.2 Å². The highest BCUT2D eigenvalue weighted by Crippen LogP contribution is 2.39. The first-order valence-electron chi connectivity index (χ1n) is 9.36. The molecule has 2 aromatic heterocycles. The molecule has 0 bridgehead atoms. The molecule has 7 nitrogen and oxygen atoms in total. The highest BCUT2D eigenvalue weighted by molar-refractivity contribution is 5.73. The van der Waals surface area contributed by atoms with Gasteiger partial charge in [-0.1, -0.05) is 0 Å². The van der Waals surface area contributed by atoms with Crippen LogP contribution in [0.5, 0.6) is 0 Å². The van der Waals surface area contributed by atoms with Crippen LogP contribution in [0.2, 0.25) is 0 Å². The first-order chi connectivity index (χ1) is 13.7. The molecule has 1 N–H and O–H groups in total. The van der Waals surface area contributed by atoms with Gasteiger partial charge in [-0.3, -0.25) is 4.90 Å². The molecule has 0 aliphatic carbocycles. The lowest BCUT2D eigenvalue weighted by molar-refractivity contribution is -0.192. The molecule has 2 unspecified atom stereocenters. The van der Waals surface area contributed by atoms with Crippen molar-refractivity contribution < 1.29 is 32.2 Å². The number of halogens is 3. The van der Waals surface area contributed by atoms with E-state index in [1.807, 2.05) is 31.7 Å². The number of likely N-dealkylation sites (tertiary alicyclic amines) is 1. The molecule has 4 rings (SSSR count). The normalized spacial score (nSPS) is 25.0. The number of carboxylic acid groups (broad SMARTS) is 1. The van der Waals surface area contributed by atoms with E-state index in [4.69, 9.17) is 19.1 Å². The van der Waals surface area contributed by atoms with Crippen molar-refractivity contribution in [3.8, 4) is 0 Å². The Labute approximate surface area is 166 Å². The SMILES string of the molecule is Cc1ccc(CN2CCCC3(CC(n4ccnc4)CO3)C2)o1.O=C(O)C(F)(F)F. The average Bonchev–Trinajstić information content (AvgIpc) is 3.37. The van der Waals surface area contributed by atoms with Crippen molar-refractivity contribution in [2.45, 2.75) is 50.6 Å². The topological polar surface area (TPSA) is 80.7 Å². The molecule has 29 heavy (non-hydrogen) atoms. The van der Waals surface area contributed by atoms with E-state index in [0.29, 0.717) is 6.04 Å². The molecule has 2 fully saturated rings. The summed E-state index contributed by atoms with van der Waals surface area (Å²) in [5.74, 6) is -0.717. The van der Waals surface area contributed by atoms with Crippen molar-refractivity contribution in [3.05, 3.63) is 42.4 Å². The van der Waals surface area contributed by atoms with E-state index in [0.717, 1.165) is 50.6 Å². The maximum Gasteiger partial charge on any atom is 0.490 e. The molecule has 4 heterocycles. The number of carboxylic acids is 1. The number of aromatic nitrogens is 2. The number of carbonyl (C=O) groups is 1. The van der Waals surface area contributed by atoms with E-state index in [2.05, 4.69) is 20.5 Å². The van der Waals surface area contributed by atoms with E-state index in [1.165, 1.54) is 6.42 Å². The Balaban J connectivity index is 0.000000298. The monoisotopic (exact) mass is 415 g/mol. The fourth-order valence-corrected chi connectivity index (χ4v) is 3.90. The summed E-state index contributed by atoms with van der Waals surface area (Å²) in [7, 11) is 0. The minimum atomic E-state index is -5.08. The molecule has 0 radical (unpaired) electrons. The molecule has 10 heteroatoms. The highest BCUT2D eigenvalue weighted by Gasteiger charge is 2.44. The number of nitrogens with zero attached hydrogens (tertiary/aromatic N) is 3. The number of ether oxygens (including phenoxy) is 1. The standard InChI is InChI=1S/C17H23N3O2.C2HF3O2/c1-14-3-4-16(22-14)10-19-7-2-5-17(12-19)9-15(11-21-17)20-8-6-18-13-20;3-2(4,5)1(6)7/h3-4,6,8,13,15H,2,5,7,9-12H2,1H3;(H,6,7). The van der Waals surface area contributed by atoms with Gasteiger partial charge in [0.1, 0.15) is 11.5 Å². The fourth-order valence-electron chi connectivity index (χ4n) is 3.90. The summed E-state index contributed by atoms with van der Waals surface area (Å²) >= 11 is 0. The smallest absolute Gasteiger partial charge is 0.475 e. The van der Waals surface area contributed by atoms with Crippen LogP contribution in [0.3, 0.4) is 0 Å². The summed E-state index contributed by atoms with van der Waals surface area (Å²) in [6.45, 7) is 5.80. The molecule has 0 saturated carbocycles. The van der Waals surface area contributed by atoms with Crippen LogP contribution in [-0.2, 0) is 16.1 Å². The van der Waals surface area contributed by atoms with Gasteiger partial charge in [-0.15, -0.1) is 0 Å². The summed E-state index contributed by atoms with van der Waals surface area (Å²) in [5, 5.41) is 7.12. The summed E-state index contributed by atoms with van der Waals surface area (Å²) in [6.07, 6.45) is 4.13. The number of aliphatic carboxylic acids is 1. The van der Waals surface area contributed by atoms with Crippen molar-refractivity contribution in [2.24, 2.45) is 0 Å². The Hall–Kier alpha value is -2.33. The number of rotatable bonds is 3. The predicted molar refractivity (Wildman–Crippen MR) is 96.2 cm³/mol. The number of furan rings is 1. The third-order valence-corrected chi connectivity index (χ3v) is 5.17. The average molecular weight is 415 g/mol. The fraction of sp³-hybridized carbons (Fsp3) is 0.579. The van der Waals surface area contributed by atoms with Crippen LogP contribution in [0.15, 0.2) is 35.3 Å². The molecule has 160 valence electrons. The lowest BCUT2D eigenvalue weighted by Gasteiger charge is -2.39. The lowest BCUT2D eigenvalue weighted by Crippen LogP contribution is -2.47. The van der Waals surface area contributed by atoms with Crippen LogP contribution < -0.4 is 0 Å². The first kappa shape index (κ1) is 21.4. The lowest BCUT2D eigenvalue weighted by atomic mass is 9.88. The van der Waals surface area contributed by atoms with Gasteiger partial charge in [0, 0.05) is 25.4 Å². The summed E-state index contributed by atoms with van der Waals surface area (Å²) < 4.78 is 45.9. The largest absolute Gasteiger partial charge is 0.490 e. The van der Waals surface area contributed by atoms with Crippen LogP contribution in [0.25, 0.3) is 0 Å². The van der Waals surface area contributed by atoms with Crippen LogP contribution in [-0.4, -0.2) is 57.0 Å². The second-order valence-electron chi connectivity index (χ2n) is 7.49. The number of hydrogen-bond donors (Lipinski definition) is 1. The number of imidazole rings is 1. The van der Waals surface area contributed by atoms with Crippen LogP contribution >= 0.6 is 0 Å². The molecule has 0 amide bonds. The first-order valence-corrected chi connectivity index (χ1v) is 9.36. The van der Waals surface area contributed by atoms with Gasteiger partial charge in [0.2, 0.25) is 0 Å². The van der Waals surface area contributed by atoms with Crippen LogP contribution in [0, 0.1) is 6.92 Å². The molecule has 0 aromatic carbocycles. The Morgan fingerprint density at radius 3 is 2.76 bits per heavy atom. The maximum absolute atomic E-state index is 10.6. The van der Waals surface area contributed by atoms with E-state index in [1.54, 1.807) is 0 Å². The second-order valence-corrected chi connectivity index (χ2v) is 7.49.